The van der Waals surface area contributed by atoms with Gasteiger partial charge in [0.2, 0.25) is 0 Å². The molecule has 0 aromatic heterocycles. The van der Waals surface area contributed by atoms with Gasteiger partial charge in [0.05, 0.1) is 6.61 Å². The normalized spacial score (nSPS) is 10.4. The van der Waals surface area contributed by atoms with Gasteiger partial charge in [0.1, 0.15) is 18.1 Å². The van der Waals surface area contributed by atoms with E-state index in [2.05, 4.69) is 17.4 Å². The monoisotopic (exact) mass is 437 g/mol. The van der Waals surface area contributed by atoms with Crippen LogP contribution < -0.4 is 14.8 Å². The highest BCUT2D eigenvalue weighted by molar-refractivity contribution is 6.04. The number of aryl methyl sites for hydroxylation is 1. The van der Waals surface area contributed by atoms with Gasteiger partial charge in [-0.3, -0.25) is 4.79 Å². The van der Waals surface area contributed by atoms with Crippen LogP contribution in [0.2, 0.25) is 0 Å². The molecule has 0 saturated carbocycles. The van der Waals surface area contributed by atoms with Crippen LogP contribution in [0.3, 0.4) is 0 Å². The molecule has 0 fully saturated rings. The van der Waals surface area contributed by atoms with E-state index in [1.807, 2.05) is 84.9 Å². The first-order valence-corrected chi connectivity index (χ1v) is 11.1. The maximum absolute atomic E-state index is 12.6. The Morgan fingerprint density at radius 1 is 0.667 bits per heavy atom. The number of ether oxygens (including phenoxy) is 2. The summed E-state index contributed by atoms with van der Waals surface area (Å²) >= 11 is 0. The molecule has 4 aromatic carbocycles. The van der Waals surface area contributed by atoms with Crippen molar-refractivity contribution in [2.45, 2.75) is 19.4 Å². The van der Waals surface area contributed by atoms with Gasteiger partial charge in [-0.2, -0.15) is 0 Å². The van der Waals surface area contributed by atoms with E-state index in [0.29, 0.717) is 24.5 Å². The second kappa shape index (κ2) is 11.5. The second-order valence-electron chi connectivity index (χ2n) is 7.72. The average molecular weight is 438 g/mol. The molecule has 0 aliphatic heterocycles. The number of carbonyl (C=O) groups is 1. The quantitative estimate of drug-likeness (QED) is 0.287. The summed E-state index contributed by atoms with van der Waals surface area (Å²) in [5, 5.41) is 2.93. The van der Waals surface area contributed by atoms with Crippen molar-refractivity contribution in [2.24, 2.45) is 0 Å². The van der Waals surface area contributed by atoms with Crippen LogP contribution in [0.25, 0.3) is 0 Å². The van der Waals surface area contributed by atoms with Crippen molar-refractivity contribution in [3.05, 3.63) is 126 Å². The summed E-state index contributed by atoms with van der Waals surface area (Å²) in [6, 6.07) is 35.0. The number of benzene rings is 4. The molecule has 4 aromatic rings. The molecule has 4 nitrogen and oxygen atoms in total. The van der Waals surface area contributed by atoms with Gasteiger partial charge < -0.3 is 14.8 Å². The summed E-state index contributed by atoms with van der Waals surface area (Å²) in [6.07, 6.45) is 1.90. The van der Waals surface area contributed by atoms with Gasteiger partial charge >= 0.3 is 0 Å². The third-order valence-corrected chi connectivity index (χ3v) is 5.18. The first kappa shape index (κ1) is 22.2. The molecule has 1 amide bonds. The zero-order chi connectivity index (χ0) is 22.7. The molecule has 0 saturated heterocycles. The third-order valence-electron chi connectivity index (χ3n) is 5.18. The number of amides is 1. The minimum Gasteiger partial charge on any atom is -0.494 e. The van der Waals surface area contributed by atoms with Gasteiger partial charge in [0.15, 0.2) is 0 Å². The minimum atomic E-state index is -0.175. The van der Waals surface area contributed by atoms with Crippen LogP contribution in [0.5, 0.6) is 11.5 Å². The van der Waals surface area contributed by atoms with Gasteiger partial charge in [0.25, 0.3) is 5.91 Å². The van der Waals surface area contributed by atoms with Crippen LogP contribution in [0, 0.1) is 0 Å². The van der Waals surface area contributed by atoms with Crippen LogP contribution in [-0.4, -0.2) is 12.5 Å². The minimum absolute atomic E-state index is 0.175. The largest absolute Gasteiger partial charge is 0.494 e. The molecule has 0 aliphatic rings. The topological polar surface area (TPSA) is 47.6 Å². The summed E-state index contributed by atoms with van der Waals surface area (Å²) in [5.74, 6) is 1.29. The predicted octanol–water partition coefficient (Wildman–Crippen LogP) is 6.53. The van der Waals surface area contributed by atoms with Gasteiger partial charge in [-0.05, 0) is 60.4 Å². The van der Waals surface area contributed by atoms with Crippen LogP contribution in [0.4, 0.5) is 5.69 Å². The molecule has 0 radical (unpaired) electrons. The molecule has 0 bridgehead atoms. The highest BCUT2D eigenvalue weighted by Gasteiger charge is 2.07. The fourth-order valence-corrected chi connectivity index (χ4v) is 3.42. The average Bonchev–Trinajstić information content (AvgIpc) is 2.87. The van der Waals surface area contributed by atoms with Crippen LogP contribution in [-0.2, 0) is 13.0 Å². The first-order valence-electron chi connectivity index (χ1n) is 11.1. The molecule has 1 N–H and O–H groups in total. The highest BCUT2D eigenvalue weighted by atomic mass is 16.5. The lowest BCUT2D eigenvalue weighted by atomic mass is 10.1. The van der Waals surface area contributed by atoms with Crippen LogP contribution in [0.15, 0.2) is 109 Å². The lowest BCUT2D eigenvalue weighted by Crippen LogP contribution is -2.12. The summed E-state index contributed by atoms with van der Waals surface area (Å²) < 4.78 is 11.7. The van der Waals surface area contributed by atoms with Crippen LogP contribution in [0.1, 0.15) is 27.9 Å². The van der Waals surface area contributed by atoms with E-state index >= 15 is 0 Å². The summed E-state index contributed by atoms with van der Waals surface area (Å²) in [4.78, 5) is 12.6. The molecule has 0 spiro atoms. The maximum atomic E-state index is 12.6. The zero-order valence-corrected chi connectivity index (χ0v) is 18.4. The van der Waals surface area contributed by atoms with E-state index in [-0.39, 0.29) is 5.91 Å². The Balaban J connectivity index is 1.25. The molecule has 0 atom stereocenters. The van der Waals surface area contributed by atoms with Crippen molar-refractivity contribution in [3.8, 4) is 11.5 Å². The molecule has 33 heavy (non-hydrogen) atoms. The number of carbonyl (C=O) groups excluding carboxylic acids is 1. The Morgan fingerprint density at radius 2 is 1.36 bits per heavy atom. The van der Waals surface area contributed by atoms with Crippen molar-refractivity contribution in [2.75, 3.05) is 11.9 Å². The number of nitrogens with one attached hydrogen (secondary N) is 1. The Hall–Kier alpha value is -4.05. The van der Waals surface area contributed by atoms with Crippen molar-refractivity contribution >= 4 is 11.6 Å². The zero-order valence-electron chi connectivity index (χ0n) is 18.4. The molecular weight excluding hydrogens is 410 g/mol. The fraction of sp³-hybridized carbons (Fsp3) is 0.138. The number of rotatable bonds is 10. The van der Waals surface area contributed by atoms with E-state index in [1.165, 1.54) is 5.56 Å². The van der Waals surface area contributed by atoms with Crippen molar-refractivity contribution in [3.63, 3.8) is 0 Å². The summed E-state index contributed by atoms with van der Waals surface area (Å²) in [5.41, 5.74) is 3.67. The van der Waals surface area contributed by atoms with Gasteiger partial charge in [-0.25, -0.2) is 0 Å². The van der Waals surface area contributed by atoms with E-state index in [0.717, 1.165) is 29.9 Å². The Morgan fingerprint density at radius 3 is 2.09 bits per heavy atom. The van der Waals surface area contributed by atoms with Gasteiger partial charge in [0, 0.05) is 17.3 Å². The number of hydrogen-bond donors (Lipinski definition) is 1. The number of anilines is 1. The molecule has 4 heteroatoms. The van der Waals surface area contributed by atoms with Crippen molar-refractivity contribution < 1.29 is 14.3 Å². The van der Waals surface area contributed by atoms with Gasteiger partial charge in [-0.15, -0.1) is 0 Å². The standard InChI is InChI=1S/C29H27NO3/c31-29(25-16-18-27(19-17-25)33-22-24-11-5-2-6-12-24)30-26-14-7-15-28(21-26)32-20-8-13-23-9-3-1-4-10-23/h1-7,9-12,14-19,21H,8,13,20,22H2,(H,30,31). The van der Waals surface area contributed by atoms with E-state index in [1.54, 1.807) is 12.1 Å². The van der Waals surface area contributed by atoms with Crippen molar-refractivity contribution in [1.29, 1.82) is 0 Å². The molecular formula is C29H27NO3. The highest BCUT2D eigenvalue weighted by Crippen LogP contribution is 2.20. The first-order chi connectivity index (χ1) is 16.3. The molecule has 0 aliphatic carbocycles. The second-order valence-corrected chi connectivity index (χ2v) is 7.72. The lowest BCUT2D eigenvalue weighted by Gasteiger charge is -2.10. The Kier molecular flexibility index (Phi) is 7.74. The maximum Gasteiger partial charge on any atom is 0.255 e. The third kappa shape index (κ3) is 6.97. The molecule has 0 unspecified atom stereocenters. The molecule has 4 rings (SSSR count). The summed E-state index contributed by atoms with van der Waals surface area (Å²) in [6.45, 7) is 1.11. The Bertz CT molecular complexity index is 1140. The Labute approximate surface area is 194 Å². The van der Waals surface area contributed by atoms with Crippen LogP contribution >= 0.6 is 0 Å². The van der Waals surface area contributed by atoms with E-state index in [9.17, 15) is 4.79 Å². The van der Waals surface area contributed by atoms with E-state index < -0.39 is 0 Å². The van der Waals surface area contributed by atoms with Gasteiger partial charge in [-0.1, -0.05) is 66.7 Å². The molecule has 166 valence electrons. The molecule has 0 heterocycles. The van der Waals surface area contributed by atoms with E-state index in [4.69, 9.17) is 9.47 Å². The number of hydrogen-bond acceptors (Lipinski definition) is 3. The SMILES string of the molecule is O=C(Nc1cccc(OCCCc2ccccc2)c1)c1ccc(OCc2ccccc2)cc1. The lowest BCUT2D eigenvalue weighted by molar-refractivity contribution is 0.102. The summed E-state index contributed by atoms with van der Waals surface area (Å²) in [7, 11) is 0. The predicted molar refractivity (Wildman–Crippen MR) is 132 cm³/mol. The van der Waals surface area contributed by atoms with Crippen molar-refractivity contribution in [1.82, 2.24) is 0 Å². The fourth-order valence-electron chi connectivity index (χ4n) is 3.42. The smallest absolute Gasteiger partial charge is 0.255 e.